The standard InChI is InChI=1S/C11H18O8/c1-5(12)17-4-7-8(14)10(18-6(2)13)9(15)11(16-3)19-7/h7-11,14-15H,4H2,1-3H3/t7-,8+,9-,10+,11-/m1/s1. The maximum Gasteiger partial charge on any atom is 0.303 e. The van der Waals surface area contributed by atoms with E-state index in [9.17, 15) is 19.8 Å². The summed E-state index contributed by atoms with van der Waals surface area (Å²) in [6, 6.07) is 0. The van der Waals surface area contributed by atoms with E-state index in [0.29, 0.717) is 0 Å². The van der Waals surface area contributed by atoms with Crippen molar-refractivity contribution in [1.29, 1.82) is 0 Å². The van der Waals surface area contributed by atoms with Gasteiger partial charge in [0.2, 0.25) is 0 Å². The van der Waals surface area contributed by atoms with E-state index >= 15 is 0 Å². The van der Waals surface area contributed by atoms with Crippen molar-refractivity contribution >= 4 is 11.9 Å². The normalized spacial score (nSPS) is 34.7. The Morgan fingerprint density at radius 2 is 1.79 bits per heavy atom. The minimum Gasteiger partial charge on any atom is -0.463 e. The van der Waals surface area contributed by atoms with Gasteiger partial charge in [-0.1, -0.05) is 0 Å². The van der Waals surface area contributed by atoms with Gasteiger partial charge < -0.3 is 29.2 Å². The highest BCUT2D eigenvalue weighted by molar-refractivity contribution is 5.66. The minimum absolute atomic E-state index is 0.235. The van der Waals surface area contributed by atoms with Crippen molar-refractivity contribution in [3.8, 4) is 0 Å². The number of esters is 2. The second kappa shape index (κ2) is 6.80. The van der Waals surface area contributed by atoms with Gasteiger partial charge in [0.1, 0.15) is 24.9 Å². The van der Waals surface area contributed by atoms with Crippen LogP contribution in [0.4, 0.5) is 0 Å². The SMILES string of the molecule is CO[C@@H]1O[C@H](COC(C)=O)[C@H](O)[C@H](OC(C)=O)[C@H]1O. The molecular weight excluding hydrogens is 260 g/mol. The fourth-order valence-corrected chi connectivity index (χ4v) is 1.77. The van der Waals surface area contributed by atoms with Crippen molar-refractivity contribution in [2.75, 3.05) is 13.7 Å². The first-order chi connectivity index (χ1) is 8.86. The van der Waals surface area contributed by atoms with E-state index < -0.39 is 42.6 Å². The fraction of sp³-hybridized carbons (Fsp3) is 0.818. The third kappa shape index (κ3) is 4.13. The molecule has 1 rings (SSSR count). The average Bonchev–Trinajstić information content (AvgIpc) is 2.33. The maximum absolute atomic E-state index is 11.0. The number of hydrogen-bond acceptors (Lipinski definition) is 8. The zero-order valence-electron chi connectivity index (χ0n) is 10.9. The Labute approximate surface area is 110 Å². The van der Waals surface area contributed by atoms with Crippen molar-refractivity contribution < 1.29 is 38.7 Å². The second-order valence-electron chi connectivity index (χ2n) is 4.14. The van der Waals surface area contributed by atoms with Crippen LogP contribution < -0.4 is 0 Å². The van der Waals surface area contributed by atoms with E-state index in [-0.39, 0.29) is 6.61 Å². The predicted octanol–water partition coefficient (Wildman–Crippen LogP) is -1.43. The molecule has 8 nitrogen and oxygen atoms in total. The van der Waals surface area contributed by atoms with Gasteiger partial charge in [-0.2, -0.15) is 0 Å². The van der Waals surface area contributed by atoms with Gasteiger partial charge in [-0.25, -0.2) is 0 Å². The van der Waals surface area contributed by atoms with Crippen molar-refractivity contribution in [3.63, 3.8) is 0 Å². The molecule has 0 aromatic heterocycles. The molecule has 0 unspecified atom stereocenters. The summed E-state index contributed by atoms with van der Waals surface area (Å²) in [7, 11) is 1.29. The summed E-state index contributed by atoms with van der Waals surface area (Å²) in [4.78, 5) is 21.7. The first kappa shape index (κ1) is 15.8. The lowest BCUT2D eigenvalue weighted by Gasteiger charge is -2.40. The Morgan fingerprint density at radius 1 is 1.16 bits per heavy atom. The molecule has 2 N–H and O–H groups in total. The highest BCUT2D eigenvalue weighted by atomic mass is 16.7. The summed E-state index contributed by atoms with van der Waals surface area (Å²) in [5, 5.41) is 19.8. The van der Waals surface area contributed by atoms with Gasteiger partial charge in [0.05, 0.1) is 0 Å². The Balaban J connectivity index is 2.77. The number of rotatable bonds is 4. The average molecular weight is 278 g/mol. The third-order valence-electron chi connectivity index (χ3n) is 2.63. The molecule has 0 aromatic carbocycles. The van der Waals surface area contributed by atoms with Gasteiger partial charge in [-0.3, -0.25) is 9.59 Å². The number of methoxy groups -OCH3 is 1. The molecule has 5 atom stereocenters. The number of carbonyl (C=O) groups excluding carboxylic acids is 2. The van der Waals surface area contributed by atoms with E-state index in [0.717, 1.165) is 6.92 Å². The second-order valence-corrected chi connectivity index (χ2v) is 4.14. The van der Waals surface area contributed by atoms with E-state index in [1.165, 1.54) is 14.0 Å². The van der Waals surface area contributed by atoms with Crippen LogP contribution in [0, 0.1) is 0 Å². The Morgan fingerprint density at radius 3 is 2.26 bits per heavy atom. The van der Waals surface area contributed by atoms with Crippen molar-refractivity contribution in [2.24, 2.45) is 0 Å². The number of ether oxygens (including phenoxy) is 4. The zero-order valence-corrected chi connectivity index (χ0v) is 10.9. The first-order valence-electron chi connectivity index (χ1n) is 5.71. The van der Waals surface area contributed by atoms with Gasteiger partial charge in [0, 0.05) is 21.0 Å². The van der Waals surface area contributed by atoms with Crippen LogP contribution in [-0.2, 0) is 28.5 Å². The molecule has 0 spiro atoms. The molecule has 0 bridgehead atoms. The van der Waals surface area contributed by atoms with Crippen LogP contribution in [0.25, 0.3) is 0 Å². The summed E-state index contributed by atoms with van der Waals surface area (Å²) < 4.78 is 19.7. The molecule has 110 valence electrons. The van der Waals surface area contributed by atoms with Crippen LogP contribution in [0.5, 0.6) is 0 Å². The van der Waals surface area contributed by atoms with Gasteiger partial charge in [-0.05, 0) is 0 Å². The van der Waals surface area contributed by atoms with E-state index in [1.54, 1.807) is 0 Å². The molecule has 8 heteroatoms. The molecule has 1 aliphatic rings. The van der Waals surface area contributed by atoms with Crippen LogP contribution in [0.3, 0.4) is 0 Å². The Bertz CT molecular complexity index is 331. The molecule has 1 fully saturated rings. The highest BCUT2D eigenvalue weighted by Gasteiger charge is 2.47. The highest BCUT2D eigenvalue weighted by Crippen LogP contribution is 2.24. The predicted molar refractivity (Wildman–Crippen MR) is 59.9 cm³/mol. The maximum atomic E-state index is 11.0. The van der Waals surface area contributed by atoms with Crippen LogP contribution in [0.2, 0.25) is 0 Å². The molecule has 19 heavy (non-hydrogen) atoms. The Kier molecular flexibility index (Phi) is 5.67. The number of carbonyl (C=O) groups is 2. The molecule has 1 saturated heterocycles. The topological polar surface area (TPSA) is 112 Å². The number of aliphatic hydroxyl groups is 2. The third-order valence-corrected chi connectivity index (χ3v) is 2.63. The molecule has 0 aliphatic carbocycles. The van der Waals surface area contributed by atoms with E-state index in [4.69, 9.17) is 18.9 Å². The quantitative estimate of drug-likeness (QED) is 0.602. The Hall–Kier alpha value is -1.22. The molecule has 1 aliphatic heterocycles. The van der Waals surface area contributed by atoms with Gasteiger partial charge >= 0.3 is 11.9 Å². The summed E-state index contributed by atoms with van der Waals surface area (Å²) in [5.41, 5.74) is 0. The monoisotopic (exact) mass is 278 g/mol. The summed E-state index contributed by atoms with van der Waals surface area (Å²) in [6.45, 7) is 2.13. The van der Waals surface area contributed by atoms with Crippen LogP contribution in [-0.4, -0.2) is 66.6 Å². The largest absolute Gasteiger partial charge is 0.463 e. The molecule has 1 heterocycles. The lowest BCUT2D eigenvalue weighted by molar-refractivity contribution is -0.297. The zero-order chi connectivity index (χ0) is 14.6. The lowest BCUT2D eigenvalue weighted by Crippen LogP contribution is -2.60. The van der Waals surface area contributed by atoms with E-state index in [2.05, 4.69) is 0 Å². The van der Waals surface area contributed by atoms with Crippen LogP contribution in [0.15, 0.2) is 0 Å². The van der Waals surface area contributed by atoms with Crippen LogP contribution >= 0.6 is 0 Å². The number of hydrogen-bond donors (Lipinski definition) is 2. The molecular formula is C11H18O8. The van der Waals surface area contributed by atoms with Gasteiger partial charge in [0.15, 0.2) is 12.4 Å². The van der Waals surface area contributed by atoms with Crippen LogP contribution in [0.1, 0.15) is 13.8 Å². The first-order valence-corrected chi connectivity index (χ1v) is 5.71. The van der Waals surface area contributed by atoms with Crippen molar-refractivity contribution in [3.05, 3.63) is 0 Å². The van der Waals surface area contributed by atoms with Crippen molar-refractivity contribution in [1.82, 2.24) is 0 Å². The molecule has 0 amide bonds. The summed E-state index contributed by atoms with van der Waals surface area (Å²) in [6.07, 6.45) is -5.92. The number of aliphatic hydroxyl groups excluding tert-OH is 2. The lowest BCUT2D eigenvalue weighted by atomic mass is 9.99. The van der Waals surface area contributed by atoms with Gasteiger partial charge in [-0.15, -0.1) is 0 Å². The molecule has 0 aromatic rings. The fourth-order valence-electron chi connectivity index (χ4n) is 1.77. The smallest absolute Gasteiger partial charge is 0.303 e. The van der Waals surface area contributed by atoms with E-state index in [1.807, 2.05) is 0 Å². The minimum atomic E-state index is -1.34. The molecule has 0 saturated carbocycles. The van der Waals surface area contributed by atoms with Gasteiger partial charge in [0.25, 0.3) is 0 Å². The van der Waals surface area contributed by atoms with Crippen molar-refractivity contribution in [2.45, 2.75) is 44.6 Å². The summed E-state index contributed by atoms with van der Waals surface area (Å²) >= 11 is 0. The molecule has 0 radical (unpaired) electrons. The summed E-state index contributed by atoms with van der Waals surface area (Å²) in [5.74, 6) is -1.20.